The monoisotopic (exact) mass is 485 g/mol. The van der Waals surface area contributed by atoms with Crippen LogP contribution in [-0.4, -0.2) is 41.1 Å². The van der Waals surface area contributed by atoms with Crippen LogP contribution in [0.1, 0.15) is 0 Å². The van der Waals surface area contributed by atoms with Gasteiger partial charge in [-0.3, -0.25) is 0 Å². The van der Waals surface area contributed by atoms with E-state index < -0.39 is 0 Å². The molecule has 0 spiro atoms. The van der Waals surface area contributed by atoms with Crippen molar-refractivity contribution in [3.63, 3.8) is 0 Å². The predicted molar refractivity (Wildman–Crippen MR) is 134 cm³/mol. The maximum absolute atomic E-state index is 11.0. The summed E-state index contributed by atoms with van der Waals surface area (Å²) in [5.41, 5.74) is 4.07. The molecular formula is C26H21N4O4S+. The fraction of sp³-hybridized carbons (Fsp3) is 0.115. The number of hydrogen-bond donors (Lipinski definition) is 0. The maximum Gasteiger partial charge on any atom is 0.505 e. The first-order chi connectivity index (χ1) is 17.1. The summed E-state index contributed by atoms with van der Waals surface area (Å²) in [7, 11) is 4.81. The van der Waals surface area contributed by atoms with Crippen LogP contribution in [0.2, 0.25) is 0 Å². The van der Waals surface area contributed by atoms with Crippen LogP contribution in [0.15, 0.2) is 78.0 Å². The second-order valence-corrected chi connectivity index (χ2v) is 8.25. The molecule has 2 aromatic heterocycles. The molecule has 9 heteroatoms. The molecule has 2 heterocycles. The second kappa shape index (κ2) is 9.47. The van der Waals surface area contributed by atoms with Crippen LogP contribution in [0.3, 0.4) is 0 Å². The van der Waals surface area contributed by atoms with Gasteiger partial charge in [-0.05, 0) is 35.9 Å². The van der Waals surface area contributed by atoms with Crippen LogP contribution in [0.25, 0.3) is 39.2 Å². The van der Waals surface area contributed by atoms with E-state index in [0.717, 1.165) is 27.8 Å². The average Bonchev–Trinajstić information content (AvgIpc) is 3.42. The standard InChI is InChI=1S/C26H21N4O4S/c1-32-19-6-4-5-17(11-19)25-21-12-23(33-2)24(34-3)13-22(21)28-26(29-25)30-15-18(14-27-30)16-7-9-20(35-31)10-8-16/h4-15H,1-3H3/q+1. The Balaban J connectivity index is 1.68. The zero-order valence-electron chi connectivity index (χ0n) is 19.3. The molecule has 0 aliphatic rings. The van der Waals surface area contributed by atoms with Crippen molar-refractivity contribution in [2.45, 2.75) is 4.90 Å². The first-order valence-electron chi connectivity index (χ1n) is 10.7. The molecule has 35 heavy (non-hydrogen) atoms. The molecule has 0 unspecified atom stereocenters. The highest BCUT2D eigenvalue weighted by Crippen LogP contribution is 2.36. The van der Waals surface area contributed by atoms with Crippen molar-refractivity contribution in [2.24, 2.45) is 0 Å². The molecule has 5 aromatic rings. The van der Waals surface area contributed by atoms with Gasteiger partial charge in [-0.2, -0.15) is 5.10 Å². The number of methoxy groups -OCH3 is 3. The first kappa shape index (κ1) is 22.4. The Kier molecular flexibility index (Phi) is 6.07. The van der Waals surface area contributed by atoms with Crippen LogP contribution < -0.4 is 14.2 Å². The Labute approximate surface area is 205 Å². The zero-order valence-corrected chi connectivity index (χ0v) is 20.1. The molecule has 3 aromatic carbocycles. The molecule has 0 N–H and O–H groups in total. The van der Waals surface area contributed by atoms with Crippen LogP contribution in [0, 0.1) is 0 Å². The summed E-state index contributed by atoms with van der Waals surface area (Å²) in [5.74, 6) is 2.28. The van der Waals surface area contributed by atoms with Gasteiger partial charge >= 0.3 is 11.7 Å². The Bertz CT molecular complexity index is 1530. The molecular weight excluding hydrogens is 464 g/mol. The summed E-state index contributed by atoms with van der Waals surface area (Å²) in [5, 5.41) is 5.30. The van der Waals surface area contributed by atoms with E-state index in [1.54, 1.807) is 44.3 Å². The van der Waals surface area contributed by atoms with Crippen molar-refractivity contribution in [1.82, 2.24) is 19.7 Å². The van der Waals surface area contributed by atoms with Gasteiger partial charge in [0, 0.05) is 45.1 Å². The van der Waals surface area contributed by atoms with E-state index >= 15 is 0 Å². The molecule has 0 radical (unpaired) electrons. The summed E-state index contributed by atoms with van der Waals surface area (Å²) in [6, 6.07) is 18.7. The summed E-state index contributed by atoms with van der Waals surface area (Å²) < 4.78 is 29.1. The van der Waals surface area contributed by atoms with Gasteiger partial charge in [0.25, 0.3) is 10.8 Å². The smallest absolute Gasteiger partial charge is 0.497 e. The molecule has 0 aliphatic carbocycles. The molecule has 0 amide bonds. The van der Waals surface area contributed by atoms with Gasteiger partial charge in [0.15, 0.2) is 11.5 Å². The van der Waals surface area contributed by atoms with Gasteiger partial charge < -0.3 is 14.2 Å². The fourth-order valence-corrected chi connectivity index (χ4v) is 4.07. The van der Waals surface area contributed by atoms with Crippen molar-refractivity contribution in [1.29, 1.82) is 0 Å². The number of fused-ring (bicyclic) bond motifs is 1. The molecule has 0 fully saturated rings. The summed E-state index contributed by atoms with van der Waals surface area (Å²) in [4.78, 5) is 10.3. The SMILES string of the molecule is COc1cccc(-c2nc(-n3cc(-c4ccc([S+]=O)cc4)cn3)nc3cc(OC)c(OC)cc23)c1. The molecule has 5 rings (SSSR count). The summed E-state index contributed by atoms with van der Waals surface area (Å²) in [6.45, 7) is 0. The average molecular weight is 486 g/mol. The number of hydrogen-bond acceptors (Lipinski definition) is 7. The van der Waals surface area contributed by atoms with Crippen molar-refractivity contribution in [3.8, 4) is 45.6 Å². The maximum atomic E-state index is 11.0. The third-order valence-electron chi connectivity index (χ3n) is 5.60. The van der Waals surface area contributed by atoms with Crippen molar-refractivity contribution in [3.05, 3.63) is 73.1 Å². The van der Waals surface area contributed by atoms with Crippen LogP contribution in [0.4, 0.5) is 0 Å². The minimum atomic E-state index is 0.403. The van der Waals surface area contributed by atoms with E-state index in [2.05, 4.69) is 5.10 Å². The molecule has 0 aliphatic heterocycles. The lowest BCUT2D eigenvalue weighted by molar-refractivity contribution is 0.356. The van der Waals surface area contributed by atoms with E-state index in [-0.39, 0.29) is 0 Å². The topological polar surface area (TPSA) is 88.4 Å². The molecule has 0 saturated heterocycles. The van der Waals surface area contributed by atoms with Crippen molar-refractivity contribution >= 4 is 22.6 Å². The van der Waals surface area contributed by atoms with Crippen LogP contribution >= 0.6 is 0 Å². The number of ether oxygens (including phenoxy) is 3. The fourth-order valence-electron chi connectivity index (χ4n) is 3.82. The summed E-state index contributed by atoms with van der Waals surface area (Å²) in [6.07, 6.45) is 3.60. The molecule has 8 nitrogen and oxygen atoms in total. The molecule has 0 saturated carbocycles. The van der Waals surface area contributed by atoms with E-state index in [1.165, 1.54) is 0 Å². The Morgan fingerprint density at radius 3 is 2.29 bits per heavy atom. The number of rotatable bonds is 7. The van der Waals surface area contributed by atoms with E-state index in [9.17, 15) is 4.21 Å². The summed E-state index contributed by atoms with van der Waals surface area (Å²) >= 11 is 0.465. The third-order valence-corrected chi connectivity index (χ3v) is 6.07. The quantitative estimate of drug-likeness (QED) is 0.301. The zero-order chi connectivity index (χ0) is 24.4. The van der Waals surface area contributed by atoms with Crippen LogP contribution in [-0.2, 0) is 15.9 Å². The van der Waals surface area contributed by atoms with Gasteiger partial charge in [0.05, 0.1) is 38.7 Å². The minimum Gasteiger partial charge on any atom is -0.497 e. The Morgan fingerprint density at radius 1 is 0.800 bits per heavy atom. The molecule has 0 atom stereocenters. The minimum absolute atomic E-state index is 0.403. The number of nitrogens with zero attached hydrogens (tertiary/aromatic N) is 4. The highest BCUT2D eigenvalue weighted by Gasteiger charge is 2.17. The third kappa shape index (κ3) is 4.29. The number of aromatic nitrogens is 4. The van der Waals surface area contributed by atoms with Crippen molar-refractivity contribution in [2.75, 3.05) is 21.3 Å². The Morgan fingerprint density at radius 2 is 1.57 bits per heavy atom. The van der Waals surface area contributed by atoms with Gasteiger partial charge in [0.1, 0.15) is 5.75 Å². The highest BCUT2D eigenvalue weighted by molar-refractivity contribution is 7.65. The first-order valence-corrected chi connectivity index (χ1v) is 11.4. The Hall–Kier alpha value is -4.37. The molecule has 174 valence electrons. The lowest BCUT2D eigenvalue weighted by Gasteiger charge is -2.13. The normalized spacial score (nSPS) is 10.8. The van der Waals surface area contributed by atoms with Gasteiger partial charge in [-0.1, -0.05) is 12.1 Å². The number of benzene rings is 3. The lowest BCUT2D eigenvalue weighted by atomic mass is 10.1. The van der Waals surface area contributed by atoms with E-state index in [4.69, 9.17) is 24.2 Å². The van der Waals surface area contributed by atoms with Gasteiger partial charge in [0.2, 0.25) is 0 Å². The van der Waals surface area contributed by atoms with Gasteiger partial charge in [-0.15, -0.1) is 0 Å². The van der Waals surface area contributed by atoms with Crippen LogP contribution in [0.5, 0.6) is 17.2 Å². The molecule has 0 bridgehead atoms. The van der Waals surface area contributed by atoms with E-state index in [0.29, 0.717) is 45.2 Å². The highest BCUT2D eigenvalue weighted by atomic mass is 32.1. The predicted octanol–water partition coefficient (Wildman–Crippen LogP) is 4.96. The van der Waals surface area contributed by atoms with Gasteiger partial charge in [-0.25, -0.2) is 14.6 Å². The second-order valence-electron chi connectivity index (χ2n) is 7.61. The lowest BCUT2D eigenvalue weighted by Crippen LogP contribution is -2.04. The van der Waals surface area contributed by atoms with Crippen molar-refractivity contribution < 1.29 is 18.4 Å². The van der Waals surface area contributed by atoms with E-state index in [1.807, 2.05) is 54.7 Å². The largest absolute Gasteiger partial charge is 0.505 e.